The van der Waals surface area contributed by atoms with Crippen LogP contribution in [0, 0.1) is 5.95 Å². The van der Waals surface area contributed by atoms with E-state index in [1.165, 1.54) is 6.07 Å². The molecule has 0 aliphatic heterocycles. The highest BCUT2D eigenvalue weighted by Crippen LogP contribution is 2.18. The predicted molar refractivity (Wildman–Crippen MR) is 48.3 cm³/mol. The molecule has 2 aromatic rings. The maximum Gasteiger partial charge on any atom is 0.213 e. The van der Waals surface area contributed by atoms with Crippen molar-refractivity contribution in [2.45, 2.75) is 0 Å². The highest BCUT2D eigenvalue weighted by Gasteiger charge is 1.98. The minimum atomic E-state index is -0.472. The zero-order chi connectivity index (χ0) is 9.26. The third-order valence-corrected chi connectivity index (χ3v) is 1.87. The van der Waals surface area contributed by atoms with Gasteiger partial charge in [0.15, 0.2) is 0 Å². The normalized spacial score (nSPS) is 10.3. The molecule has 1 aromatic heterocycles. The molecule has 1 heterocycles. The van der Waals surface area contributed by atoms with Gasteiger partial charge in [-0.25, -0.2) is 4.98 Å². The molecule has 0 saturated heterocycles. The molecule has 0 unspecified atom stereocenters. The summed E-state index contributed by atoms with van der Waals surface area (Å²) in [5.41, 5.74) is 0.611. The lowest BCUT2D eigenvalue weighted by atomic mass is 10.2. The van der Waals surface area contributed by atoms with Gasteiger partial charge in [0.2, 0.25) is 5.95 Å². The molecule has 0 bridgehead atoms. The molecule has 0 radical (unpaired) electrons. The number of hydrogen-bond donors (Lipinski definition) is 0. The summed E-state index contributed by atoms with van der Waals surface area (Å²) in [5, 5.41) is 0.905. The monoisotopic (exact) mass is 177 g/mol. The summed E-state index contributed by atoms with van der Waals surface area (Å²) < 4.78 is 17.7. The van der Waals surface area contributed by atoms with Crippen molar-refractivity contribution >= 4 is 10.9 Å². The minimum absolute atomic E-state index is 0.472. The molecule has 0 amide bonds. The number of methoxy groups -OCH3 is 1. The molecule has 0 atom stereocenters. The highest BCUT2D eigenvalue weighted by molar-refractivity contribution is 5.79. The van der Waals surface area contributed by atoms with Gasteiger partial charge in [0, 0.05) is 11.5 Å². The Bertz CT molecular complexity index is 442. The first-order valence-electron chi connectivity index (χ1n) is 3.90. The van der Waals surface area contributed by atoms with Crippen LogP contribution in [0.5, 0.6) is 5.75 Å². The van der Waals surface area contributed by atoms with Crippen molar-refractivity contribution in [3.8, 4) is 5.75 Å². The molecule has 66 valence electrons. The molecule has 2 nitrogen and oxygen atoms in total. The fourth-order valence-corrected chi connectivity index (χ4v) is 1.20. The lowest BCUT2D eigenvalue weighted by Crippen LogP contribution is -1.86. The molecule has 0 N–H and O–H groups in total. The molecule has 3 heteroatoms. The topological polar surface area (TPSA) is 22.1 Å². The number of halogens is 1. The smallest absolute Gasteiger partial charge is 0.213 e. The van der Waals surface area contributed by atoms with E-state index in [4.69, 9.17) is 4.74 Å². The van der Waals surface area contributed by atoms with Crippen LogP contribution >= 0.6 is 0 Å². The third-order valence-electron chi connectivity index (χ3n) is 1.87. The van der Waals surface area contributed by atoms with Crippen molar-refractivity contribution < 1.29 is 9.13 Å². The standard InChI is InChI=1S/C10H8FNO/c1-13-8-4-2-7-3-5-10(11)12-9(7)6-8/h2-6H,1H3. The molecule has 0 saturated carbocycles. The Morgan fingerprint density at radius 1 is 1.23 bits per heavy atom. The van der Waals surface area contributed by atoms with Gasteiger partial charge in [-0.2, -0.15) is 4.39 Å². The molecule has 0 spiro atoms. The zero-order valence-corrected chi connectivity index (χ0v) is 7.12. The van der Waals surface area contributed by atoms with Crippen molar-refractivity contribution in [2.24, 2.45) is 0 Å². The van der Waals surface area contributed by atoms with Gasteiger partial charge in [-0.05, 0) is 24.3 Å². The number of aromatic nitrogens is 1. The molecule has 2 rings (SSSR count). The van der Waals surface area contributed by atoms with Crippen LogP contribution in [0.1, 0.15) is 0 Å². The second-order valence-electron chi connectivity index (χ2n) is 2.69. The predicted octanol–water partition coefficient (Wildman–Crippen LogP) is 2.38. The summed E-state index contributed by atoms with van der Waals surface area (Å²) >= 11 is 0. The van der Waals surface area contributed by atoms with Crippen LogP contribution in [0.3, 0.4) is 0 Å². The second-order valence-corrected chi connectivity index (χ2v) is 2.69. The first-order valence-corrected chi connectivity index (χ1v) is 3.90. The van der Waals surface area contributed by atoms with Crippen LogP contribution in [0.4, 0.5) is 4.39 Å². The van der Waals surface area contributed by atoms with Crippen LogP contribution in [0.15, 0.2) is 30.3 Å². The SMILES string of the molecule is COc1ccc2ccc(F)nc2c1. The summed E-state index contributed by atoms with van der Waals surface area (Å²) in [6.07, 6.45) is 0. The average Bonchev–Trinajstić information content (AvgIpc) is 2.16. The van der Waals surface area contributed by atoms with E-state index in [0.29, 0.717) is 11.3 Å². The van der Waals surface area contributed by atoms with Gasteiger partial charge in [-0.1, -0.05) is 0 Å². The summed E-state index contributed by atoms with van der Waals surface area (Å²) in [7, 11) is 1.57. The number of nitrogens with zero attached hydrogens (tertiary/aromatic N) is 1. The van der Waals surface area contributed by atoms with Gasteiger partial charge in [-0.3, -0.25) is 0 Å². The molecule has 13 heavy (non-hydrogen) atoms. The Hall–Kier alpha value is -1.64. The maximum absolute atomic E-state index is 12.7. The van der Waals surface area contributed by atoms with Crippen LogP contribution in [0.25, 0.3) is 10.9 Å². The van der Waals surface area contributed by atoms with E-state index in [-0.39, 0.29) is 0 Å². The van der Waals surface area contributed by atoms with Gasteiger partial charge >= 0.3 is 0 Å². The van der Waals surface area contributed by atoms with Crippen molar-refractivity contribution in [3.63, 3.8) is 0 Å². The largest absolute Gasteiger partial charge is 0.497 e. The average molecular weight is 177 g/mol. The minimum Gasteiger partial charge on any atom is -0.497 e. The van der Waals surface area contributed by atoms with E-state index in [1.807, 2.05) is 12.1 Å². The number of benzene rings is 1. The van der Waals surface area contributed by atoms with E-state index in [0.717, 1.165) is 5.39 Å². The third kappa shape index (κ3) is 1.45. The lowest BCUT2D eigenvalue weighted by Gasteiger charge is -2.00. The number of rotatable bonds is 1. The van der Waals surface area contributed by atoms with E-state index >= 15 is 0 Å². The Morgan fingerprint density at radius 3 is 2.77 bits per heavy atom. The van der Waals surface area contributed by atoms with E-state index in [2.05, 4.69) is 4.98 Å². The Balaban J connectivity index is 2.68. The van der Waals surface area contributed by atoms with Crippen LogP contribution in [-0.2, 0) is 0 Å². The van der Waals surface area contributed by atoms with E-state index in [1.54, 1.807) is 19.2 Å². The number of fused-ring (bicyclic) bond motifs is 1. The summed E-state index contributed by atoms with van der Waals surface area (Å²) in [5.74, 6) is 0.214. The van der Waals surface area contributed by atoms with E-state index < -0.39 is 5.95 Å². The Labute approximate surface area is 75.0 Å². The second kappa shape index (κ2) is 3.01. The van der Waals surface area contributed by atoms with Crippen LogP contribution in [0.2, 0.25) is 0 Å². The number of pyridine rings is 1. The molecule has 1 aromatic carbocycles. The van der Waals surface area contributed by atoms with Gasteiger partial charge in [0.25, 0.3) is 0 Å². The quantitative estimate of drug-likeness (QED) is 0.624. The number of ether oxygens (including phenoxy) is 1. The zero-order valence-electron chi connectivity index (χ0n) is 7.12. The lowest BCUT2D eigenvalue weighted by molar-refractivity contribution is 0.415. The van der Waals surface area contributed by atoms with Gasteiger partial charge in [-0.15, -0.1) is 0 Å². The Morgan fingerprint density at radius 2 is 2.00 bits per heavy atom. The first kappa shape index (κ1) is 7.98. The highest BCUT2D eigenvalue weighted by atomic mass is 19.1. The Kier molecular flexibility index (Phi) is 1.85. The van der Waals surface area contributed by atoms with Gasteiger partial charge in [0.05, 0.1) is 12.6 Å². The van der Waals surface area contributed by atoms with Crippen LogP contribution < -0.4 is 4.74 Å². The summed E-state index contributed by atoms with van der Waals surface area (Å²) in [6, 6.07) is 8.41. The summed E-state index contributed by atoms with van der Waals surface area (Å²) in [4.78, 5) is 3.74. The van der Waals surface area contributed by atoms with Crippen molar-refractivity contribution in [1.29, 1.82) is 0 Å². The molecular weight excluding hydrogens is 169 g/mol. The van der Waals surface area contributed by atoms with Gasteiger partial charge < -0.3 is 4.74 Å². The van der Waals surface area contributed by atoms with Crippen molar-refractivity contribution in [3.05, 3.63) is 36.3 Å². The van der Waals surface area contributed by atoms with Crippen molar-refractivity contribution in [2.75, 3.05) is 7.11 Å². The first-order chi connectivity index (χ1) is 6.29. The summed E-state index contributed by atoms with van der Waals surface area (Å²) in [6.45, 7) is 0. The fraction of sp³-hybridized carbons (Fsp3) is 0.100. The van der Waals surface area contributed by atoms with Crippen LogP contribution in [-0.4, -0.2) is 12.1 Å². The van der Waals surface area contributed by atoms with Gasteiger partial charge in [0.1, 0.15) is 5.75 Å². The molecular formula is C10H8FNO. The fourth-order valence-electron chi connectivity index (χ4n) is 1.20. The maximum atomic E-state index is 12.7. The molecule has 0 fully saturated rings. The number of hydrogen-bond acceptors (Lipinski definition) is 2. The van der Waals surface area contributed by atoms with Crippen molar-refractivity contribution in [1.82, 2.24) is 4.98 Å². The molecule has 0 aliphatic carbocycles. The van der Waals surface area contributed by atoms with E-state index in [9.17, 15) is 4.39 Å². The molecule has 0 aliphatic rings.